The summed E-state index contributed by atoms with van der Waals surface area (Å²) >= 11 is 0. The van der Waals surface area contributed by atoms with Gasteiger partial charge in [-0.2, -0.15) is 0 Å². The second-order valence-corrected chi connectivity index (χ2v) is 5.67. The summed E-state index contributed by atoms with van der Waals surface area (Å²) in [7, 11) is 0. The maximum Gasteiger partial charge on any atom is 0.327 e. The number of ether oxygens (including phenoxy) is 2. The van der Waals surface area contributed by atoms with Gasteiger partial charge in [0.15, 0.2) is 11.5 Å². The van der Waals surface area contributed by atoms with Gasteiger partial charge in [-0.3, -0.25) is 14.5 Å². The van der Waals surface area contributed by atoms with E-state index < -0.39 is 5.91 Å². The normalized spacial score (nSPS) is 21.8. The van der Waals surface area contributed by atoms with Crippen LogP contribution in [0.1, 0.15) is 12.8 Å². The molecule has 1 atom stereocenters. The van der Waals surface area contributed by atoms with Crippen LogP contribution in [-0.4, -0.2) is 53.6 Å². The van der Waals surface area contributed by atoms with Crippen LogP contribution in [-0.2, 0) is 9.59 Å². The summed E-state index contributed by atoms with van der Waals surface area (Å²) in [5, 5.41) is 2.67. The van der Waals surface area contributed by atoms with Gasteiger partial charge in [0, 0.05) is 18.3 Å². The highest BCUT2D eigenvalue weighted by molar-refractivity contribution is 6.08. The number of rotatable bonds is 3. The molecule has 1 N–H and O–H groups in total. The molecule has 0 saturated carbocycles. The zero-order valence-electron chi connectivity index (χ0n) is 12.3. The lowest BCUT2D eigenvalue weighted by Gasteiger charge is -2.15. The van der Waals surface area contributed by atoms with E-state index >= 15 is 0 Å². The lowest BCUT2D eigenvalue weighted by molar-refractivity contribution is -0.131. The Kier molecular flexibility index (Phi) is 3.10. The first-order chi connectivity index (χ1) is 11.1. The van der Waals surface area contributed by atoms with E-state index in [1.165, 1.54) is 4.90 Å². The molecule has 120 valence electrons. The highest BCUT2D eigenvalue weighted by Gasteiger charge is 2.47. The molecule has 23 heavy (non-hydrogen) atoms. The molecular formula is C15H15N3O5. The van der Waals surface area contributed by atoms with Crippen LogP contribution in [0.3, 0.4) is 0 Å². The lowest BCUT2D eigenvalue weighted by atomic mass is 10.2. The standard InChI is InChI=1S/C15H15N3O5/c19-13(16-9-3-4-11-12(6-9)23-8-22-11)7-18-14(20)10-2-1-5-17(10)15(18)21/h3-4,6,10H,1-2,5,7-8H2,(H,16,19)/t10-/m1/s1. The summed E-state index contributed by atoms with van der Waals surface area (Å²) in [5.41, 5.74) is 0.527. The number of fused-ring (bicyclic) bond motifs is 2. The van der Waals surface area contributed by atoms with Crippen molar-refractivity contribution in [3.05, 3.63) is 18.2 Å². The largest absolute Gasteiger partial charge is 0.454 e. The van der Waals surface area contributed by atoms with Crippen LogP contribution in [0, 0.1) is 0 Å². The number of urea groups is 1. The molecule has 4 amide bonds. The number of nitrogens with one attached hydrogen (secondary N) is 1. The summed E-state index contributed by atoms with van der Waals surface area (Å²) in [6.07, 6.45) is 1.50. The molecule has 3 aliphatic heterocycles. The highest BCUT2D eigenvalue weighted by atomic mass is 16.7. The molecule has 0 spiro atoms. The van der Waals surface area contributed by atoms with Crippen molar-refractivity contribution in [3.8, 4) is 11.5 Å². The zero-order valence-corrected chi connectivity index (χ0v) is 12.3. The fourth-order valence-electron chi connectivity index (χ4n) is 3.15. The van der Waals surface area contributed by atoms with Gasteiger partial charge in [0.25, 0.3) is 5.91 Å². The third kappa shape index (κ3) is 2.26. The van der Waals surface area contributed by atoms with Crippen molar-refractivity contribution in [2.24, 2.45) is 0 Å². The number of hydrogen-bond donors (Lipinski definition) is 1. The fraction of sp³-hybridized carbons (Fsp3) is 0.400. The van der Waals surface area contributed by atoms with Crippen molar-refractivity contribution in [1.29, 1.82) is 0 Å². The van der Waals surface area contributed by atoms with Crippen LogP contribution in [0.25, 0.3) is 0 Å². The van der Waals surface area contributed by atoms with Gasteiger partial charge < -0.3 is 19.7 Å². The Labute approximate surface area is 131 Å². The lowest BCUT2D eigenvalue weighted by Crippen LogP contribution is -2.39. The first-order valence-corrected chi connectivity index (χ1v) is 7.45. The number of imide groups is 1. The molecule has 2 fully saturated rings. The molecule has 8 nitrogen and oxygen atoms in total. The topological polar surface area (TPSA) is 88.2 Å². The van der Waals surface area contributed by atoms with Crippen molar-refractivity contribution < 1.29 is 23.9 Å². The third-order valence-corrected chi connectivity index (χ3v) is 4.24. The van der Waals surface area contributed by atoms with Crippen LogP contribution in [0.2, 0.25) is 0 Å². The molecule has 0 aliphatic carbocycles. The number of amides is 4. The fourth-order valence-corrected chi connectivity index (χ4v) is 3.15. The molecule has 0 aromatic heterocycles. The number of nitrogens with zero attached hydrogens (tertiary/aromatic N) is 2. The van der Waals surface area contributed by atoms with E-state index in [-0.39, 0.29) is 31.3 Å². The molecule has 1 aromatic rings. The van der Waals surface area contributed by atoms with E-state index in [4.69, 9.17) is 9.47 Å². The number of carbonyl (C=O) groups is 3. The second-order valence-electron chi connectivity index (χ2n) is 5.67. The summed E-state index contributed by atoms with van der Waals surface area (Å²) in [5.74, 6) is 0.463. The molecule has 0 unspecified atom stereocenters. The summed E-state index contributed by atoms with van der Waals surface area (Å²) in [6.45, 7) is 0.454. The Morgan fingerprint density at radius 2 is 2.09 bits per heavy atom. The van der Waals surface area contributed by atoms with Crippen LogP contribution in [0.15, 0.2) is 18.2 Å². The van der Waals surface area contributed by atoms with Gasteiger partial charge in [-0.25, -0.2) is 4.79 Å². The van der Waals surface area contributed by atoms with E-state index in [1.54, 1.807) is 18.2 Å². The molecular weight excluding hydrogens is 302 g/mol. The average Bonchev–Trinajstić information content (AvgIpc) is 3.22. The maximum atomic E-state index is 12.2. The average molecular weight is 317 g/mol. The quantitative estimate of drug-likeness (QED) is 0.832. The minimum absolute atomic E-state index is 0.154. The maximum absolute atomic E-state index is 12.2. The van der Waals surface area contributed by atoms with E-state index in [9.17, 15) is 14.4 Å². The molecule has 2 saturated heterocycles. The Morgan fingerprint density at radius 1 is 1.26 bits per heavy atom. The van der Waals surface area contributed by atoms with E-state index in [0.717, 1.165) is 11.3 Å². The highest BCUT2D eigenvalue weighted by Crippen LogP contribution is 2.34. The molecule has 3 heterocycles. The smallest absolute Gasteiger partial charge is 0.327 e. The molecule has 0 bridgehead atoms. The van der Waals surface area contributed by atoms with Crippen LogP contribution >= 0.6 is 0 Å². The van der Waals surface area contributed by atoms with Gasteiger partial charge >= 0.3 is 6.03 Å². The van der Waals surface area contributed by atoms with E-state index in [0.29, 0.717) is 30.2 Å². The molecule has 3 aliphatic rings. The molecule has 8 heteroatoms. The predicted octanol–water partition coefficient (Wildman–Crippen LogP) is 0.780. The summed E-state index contributed by atoms with van der Waals surface area (Å²) in [4.78, 5) is 39.0. The van der Waals surface area contributed by atoms with E-state index in [2.05, 4.69) is 5.32 Å². The Balaban J connectivity index is 1.42. The first-order valence-electron chi connectivity index (χ1n) is 7.45. The zero-order chi connectivity index (χ0) is 16.0. The van der Waals surface area contributed by atoms with Gasteiger partial charge in [-0.1, -0.05) is 0 Å². The van der Waals surface area contributed by atoms with Crippen molar-refractivity contribution in [3.63, 3.8) is 0 Å². The van der Waals surface area contributed by atoms with Gasteiger partial charge in [-0.05, 0) is 25.0 Å². The summed E-state index contributed by atoms with van der Waals surface area (Å²) < 4.78 is 10.4. The number of anilines is 1. The van der Waals surface area contributed by atoms with Crippen molar-refractivity contribution in [1.82, 2.24) is 9.80 Å². The van der Waals surface area contributed by atoms with Crippen LogP contribution < -0.4 is 14.8 Å². The second kappa shape index (κ2) is 5.15. The number of hydrogen-bond acceptors (Lipinski definition) is 5. The van der Waals surface area contributed by atoms with Gasteiger partial charge in [-0.15, -0.1) is 0 Å². The molecule has 1 aromatic carbocycles. The van der Waals surface area contributed by atoms with Gasteiger partial charge in [0.05, 0.1) is 0 Å². The molecule has 0 radical (unpaired) electrons. The van der Waals surface area contributed by atoms with Gasteiger partial charge in [0.2, 0.25) is 12.7 Å². The Bertz CT molecular complexity index is 682. The minimum atomic E-state index is -0.424. The summed E-state index contributed by atoms with van der Waals surface area (Å²) in [6, 6.07) is 4.25. The van der Waals surface area contributed by atoms with Crippen molar-refractivity contribution in [2.45, 2.75) is 18.9 Å². The van der Waals surface area contributed by atoms with Gasteiger partial charge in [0.1, 0.15) is 12.6 Å². The van der Waals surface area contributed by atoms with E-state index in [1.807, 2.05) is 0 Å². The Hall–Kier alpha value is -2.77. The number of carbonyl (C=O) groups excluding carboxylic acids is 3. The Morgan fingerprint density at radius 3 is 2.91 bits per heavy atom. The predicted molar refractivity (Wildman–Crippen MR) is 78.0 cm³/mol. The van der Waals surface area contributed by atoms with Crippen LogP contribution in [0.4, 0.5) is 10.5 Å². The van der Waals surface area contributed by atoms with Crippen LogP contribution in [0.5, 0.6) is 11.5 Å². The number of benzene rings is 1. The SMILES string of the molecule is O=C(CN1C(=O)[C@H]2CCCN2C1=O)Nc1ccc2c(c1)OCO2. The first kappa shape index (κ1) is 13.9. The van der Waals surface area contributed by atoms with Crippen molar-refractivity contribution >= 4 is 23.5 Å². The monoisotopic (exact) mass is 317 g/mol. The van der Waals surface area contributed by atoms with Crippen molar-refractivity contribution in [2.75, 3.05) is 25.2 Å². The minimum Gasteiger partial charge on any atom is -0.454 e. The molecule has 4 rings (SSSR count). The third-order valence-electron chi connectivity index (χ3n) is 4.24.